The fraction of sp³-hybridized carbons (Fsp3) is 0.381. The first-order valence-electron chi connectivity index (χ1n) is 19.9. The van der Waals surface area contributed by atoms with Gasteiger partial charge in [0.15, 0.2) is 11.2 Å². The topological polar surface area (TPSA) is 170 Å². The average molecular weight is 767 g/mol. The second kappa shape index (κ2) is 13.3. The van der Waals surface area contributed by atoms with Crippen LogP contribution in [0.4, 0.5) is 11.5 Å². The van der Waals surface area contributed by atoms with Crippen molar-refractivity contribution in [1.82, 2.24) is 39.4 Å². The molecule has 3 aromatic heterocycles. The van der Waals surface area contributed by atoms with Crippen LogP contribution in [0.15, 0.2) is 88.3 Å². The zero-order valence-corrected chi connectivity index (χ0v) is 31.2. The molecule has 1 saturated carbocycles. The predicted octanol–water partition coefficient (Wildman–Crippen LogP) is 4.21. The van der Waals surface area contributed by atoms with Crippen LogP contribution in [0.1, 0.15) is 37.8 Å². The van der Waals surface area contributed by atoms with Crippen molar-refractivity contribution in [3.63, 3.8) is 0 Å². The summed E-state index contributed by atoms with van der Waals surface area (Å²) < 4.78 is 15.1. The van der Waals surface area contributed by atoms with Crippen LogP contribution in [0.5, 0.6) is 11.5 Å². The first kappa shape index (κ1) is 34.2. The highest BCUT2D eigenvalue weighted by Crippen LogP contribution is 2.47. The van der Waals surface area contributed by atoms with Gasteiger partial charge in [0.05, 0.1) is 16.9 Å². The molecule has 290 valence electrons. The Balaban J connectivity index is 0.701. The molecule has 1 aliphatic carbocycles. The molecule has 0 spiro atoms. The minimum Gasteiger partial charge on any atom is -0.457 e. The Morgan fingerprint density at radius 3 is 2.26 bits per heavy atom. The number of likely N-dealkylation sites (tertiary alicyclic amines) is 2. The van der Waals surface area contributed by atoms with Gasteiger partial charge in [0.25, 0.3) is 0 Å². The standard InChI is InChI=1S/C42H42N10O5/c43-39-37-38(24-6-9-32(10-7-24)56-31-4-2-1-3-5-31)47-52(40(37)45-23-44-39)28-14-25-17-48(18-26(25)15-28)29-21-50(22-29)30-19-49(20-30)27-8-11-33-35(16-27)57-42(55)51(33)34-12-13-36(53)46-41(34)54/h1-11,16,23,25-26,28-30,34H,12-15,17-22H2,(H2,43,44,45)(H,46,53,54). The van der Waals surface area contributed by atoms with Gasteiger partial charge in [0.1, 0.15) is 35.4 Å². The van der Waals surface area contributed by atoms with E-state index < -0.39 is 17.7 Å². The number of benzene rings is 3. The summed E-state index contributed by atoms with van der Waals surface area (Å²) in [6.45, 7) is 6.25. The van der Waals surface area contributed by atoms with Crippen molar-refractivity contribution in [1.29, 1.82) is 0 Å². The van der Waals surface area contributed by atoms with Gasteiger partial charge in [-0.3, -0.25) is 29.3 Å². The van der Waals surface area contributed by atoms with Crippen molar-refractivity contribution < 1.29 is 18.7 Å². The second-order valence-electron chi connectivity index (χ2n) is 16.3. The number of aromatic nitrogens is 5. The number of rotatable bonds is 8. The van der Waals surface area contributed by atoms with Crippen molar-refractivity contribution in [2.75, 3.05) is 49.9 Å². The number of carbonyl (C=O) groups is 2. The van der Waals surface area contributed by atoms with E-state index in [2.05, 4.69) is 29.7 Å². The number of para-hydroxylation sites is 1. The molecule has 7 heterocycles. The van der Waals surface area contributed by atoms with Gasteiger partial charge in [-0.05, 0) is 79.6 Å². The summed E-state index contributed by atoms with van der Waals surface area (Å²) >= 11 is 0. The molecule has 5 fully saturated rings. The number of nitrogens with zero attached hydrogens (tertiary/aromatic N) is 8. The number of piperidine rings is 1. The van der Waals surface area contributed by atoms with Gasteiger partial charge in [0, 0.05) is 75.1 Å². The Kier molecular flexibility index (Phi) is 7.96. The highest BCUT2D eigenvalue weighted by Gasteiger charge is 2.48. The van der Waals surface area contributed by atoms with Crippen molar-refractivity contribution in [3.05, 3.63) is 89.7 Å². The zero-order chi connectivity index (χ0) is 38.4. The number of nitrogen functional groups attached to an aromatic ring is 1. The molecule has 5 aliphatic rings. The third-order valence-electron chi connectivity index (χ3n) is 13.0. The minimum atomic E-state index is -0.747. The molecular weight excluding hydrogens is 725 g/mol. The molecule has 3 atom stereocenters. The van der Waals surface area contributed by atoms with Gasteiger partial charge in [-0.25, -0.2) is 19.4 Å². The fourth-order valence-electron chi connectivity index (χ4n) is 9.92. The van der Waals surface area contributed by atoms with E-state index in [9.17, 15) is 14.4 Å². The van der Waals surface area contributed by atoms with E-state index in [1.54, 1.807) is 6.33 Å². The van der Waals surface area contributed by atoms with Crippen molar-refractivity contribution in [2.24, 2.45) is 11.8 Å². The summed E-state index contributed by atoms with van der Waals surface area (Å²) in [6, 6.07) is 24.0. The quantitative estimate of drug-likeness (QED) is 0.212. The normalized spacial score (nSPS) is 24.5. The molecule has 0 radical (unpaired) electrons. The summed E-state index contributed by atoms with van der Waals surface area (Å²) in [5.41, 5.74) is 11.0. The number of nitrogens with one attached hydrogen (secondary N) is 1. The Labute approximate surface area is 327 Å². The Hall–Kier alpha value is -6.06. The maximum Gasteiger partial charge on any atom is 0.420 e. The Morgan fingerprint density at radius 1 is 0.789 bits per heavy atom. The van der Waals surface area contributed by atoms with Gasteiger partial charge in [-0.1, -0.05) is 18.2 Å². The summed E-state index contributed by atoms with van der Waals surface area (Å²) in [7, 11) is 0. The van der Waals surface area contributed by atoms with Crippen LogP contribution in [0.3, 0.4) is 0 Å². The third kappa shape index (κ3) is 5.86. The number of hydrogen-bond acceptors (Lipinski definition) is 12. The highest BCUT2D eigenvalue weighted by atomic mass is 16.5. The monoisotopic (exact) mass is 766 g/mol. The van der Waals surface area contributed by atoms with Crippen LogP contribution in [0.2, 0.25) is 0 Å². The number of amides is 2. The lowest BCUT2D eigenvalue weighted by Crippen LogP contribution is -2.69. The van der Waals surface area contributed by atoms with Crippen LogP contribution >= 0.6 is 0 Å². The Bertz CT molecular complexity index is 2580. The van der Waals surface area contributed by atoms with Crippen molar-refractivity contribution in [3.8, 4) is 22.8 Å². The molecular formula is C42H42N10O5. The van der Waals surface area contributed by atoms with Crippen molar-refractivity contribution >= 4 is 45.5 Å². The molecule has 4 aliphatic heterocycles. The Morgan fingerprint density at radius 2 is 1.51 bits per heavy atom. The number of oxazole rings is 1. The van der Waals surface area contributed by atoms with Crippen LogP contribution in [0.25, 0.3) is 33.4 Å². The minimum absolute atomic E-state index is 0.195. The van der Waals surface area contributed by atoms with Gasteiger partial charge in [-0.2, -0.15) is 5.10 Å². The number of hydrogen-bond donors (Lipinski definition) is 2. The van der Waals surface area contributed by atoms with Gasteiger partial charge >= 0.3 is 5.76 Å². The molecule has 3 aromatic carbocycles. The molecule has 0 bridgehead atoms. The SMILES string of the molecule is Nc1ncnc2c1c(-c1ccc(Oc3ccccc3)cc1)nn2C1CC2CN(C3CN(C4CN(c5ccc6c(c5)oc(=O)n6C5CCC(=O)NC5=O)C4)C3)CC2C1. The molecule has 3 unspecified atom stereocenters. The zero-order valence-electron chi connectivity index (χ0n) is 31.2. The van der Waals surface area contributed by atoms with Crippen LogP contribution in [0, 0.1) is 11.8 Å². The number of anilines is 2. The number of ether oxygens (including phenoxy) is 1. The molecule has 3 N–H and O–H groups in total. The summed E-state index contributed by atoms with van der Waals surface area (Å²) in [5.74, 6) is 1.87. The highest BCUT2D eigenvalue weighted by molar-refractivity contribution is 6.00. The molecule has 15 nitrogen and oxygen atoms in total. The maximum atomic E-state index is 12.8. The van der Waals surface area contributed by atoms with E-state index >= 15 is 0 Å². The number of carbonyl (C=O) groups excluding carboxylic acids is 2. The van der Waals surface area contributed by atoms with E-state index in [0.29, 0.717) is 40.8 Å². The lowest BCUT2D eigenvalue weighted by atomic mass is 9.98. The van der Waals surface area contributed by atoms with E-state index in [0.717, 1.165) is 91.6 Å². The van der Waals surface area contributed by atoms with E-state index in [1.807, 2.05) is 72.8 Å². The largest absolute Gasteiger partial charge is 0.457 e. The summed E-state index contributed by atoms with van der Waals surface area (Å²) in [5, 5.41) is 8.30. The third-order valence-corrected chi connectivity index (χ3v) is 13.0. The van der Waals surface area contributed by atoms with Gasteiger partial charge < -0.3 is 19.8 Å². The number of fused-ring (bicyclic) bond motifs is 3. The summed E-state index contributed by atoms with van der Waals surface area (Å²) in [4.78, 5) is 53.5. The first-order valence-corrected chi connectivity index (χ1v) is 19.9. The van der Waals surface area contributed by atoms with E-state index in [1.165, 1.54) is 4.57 Å². The van der Waals surface area contributed by atoms with E-state index in [4.69, 9.17) is 25.0 Å². The lowest BCUT2D eigenvalue weighted by Gasteiger charge is -2.54. The maximum absolute atomic E-state index is 12.8. The number of imide groups is 1. The smallest absolute Gasteiger partial charge is 0.420 e. The van der Waals surface area contributed by atoms with Crippen LogP contribution in [-0.2, 0) is 9.59 Å². The molecule has 57 heavy (non-hydrogen) atoms. The molecule has 6 aromatic rings. The molecule has 15 heteroatoms. The van der Waals surface area contributed by atoms with Gasteiger partial charge in [0.2, 0.25) is 11.8 Å². The average Bonchev–Trinajstić information content (AvgIpc) is 3.93. The first-order chi connectivity index (χ1) is 27.8. The van der Waals surface area contributed by atoms with Crippen LogP contribution < -0.4 is 26.4 Å². The second-order valence-corrected chi connectivity index (χ2v) is 16.3. The fourth-order valence-corrected chi connectivity index (χ4v) is 9.92. The molecule has 2 amide bonds. The molecule has 11 rings (SSSR count). The van der Waals surface area contributed by atoms with Crippen LogP contribution in [-0.4, -0.2) is 97.3 Å². The van der Waals surface area contributed by atoms with E-state index in [-0.39, 0.29) is 24.8 Å². The predicted molar refractivity (Wildman–Crippen MR) is 212 cm³/mol. The summed E-state index contributed by atoms with van der Waals surface area (Å²) in [6.07, 6.45) is 4.16. The van der Waals surface area contributed by atoms with Gasteiger partial charge in [-0.15, -0.1) is 0 Å². The van der Waals surface area contributed by atoms with Crippen molar-refractivity contribution in [2.45, 2.75) is 49.9 Å². The molecule has 4 saturated heterocycles. The number of nitrogens with two attached hydrogens (primary N) is 1. The lowest BCUT2D eigenvalue weighted by molar-refractivity contribution is -0.135.